The van der Waals surface area contributed by atoms with Gasteiger partial charge in [-0.25, -0.2) is 0 Å². The first-order valence-corrected chi connectivity index (χ1v) is 8.84. The lowest BCUT2D eigenvalue weighted by atomic mass is 10.2. The van der Waals surface area contributed by atoms with E-state index in [9.17, 15) is 10.1 Å². The Bertz CT molecular complexity index is 880. The van der Waals surface area contributed by atoms with Gasteiger partial charge in [-0.05, 0) is 29.8 Å². The van der Waals surface area contributed by atoms with Gasteiger partial charge >= 0.3 is 0 Å². The third-order valence-electron chi connectivity index (χ3n) is 3.43. The molecule has 1 heterocycles. The van der Waals surface area contributed by atoms with E-state index in [0.717, 1.165) is 20.9 Å². The maximum atomic E-state index is 10.7. The molecule has 0 saturated carbocycles. The normalized spacial score (nSPS) is 10.8. The van der Waals surface area contributed by atoms with E-state index in [0.29, 0.717) is 5.82 Å². The highest BCUT2D eigenvalue weighted by Gasteiger charge is 2.13. The molecule has 6 nitrogen and oxygen atoms in total. The van der Waals surface area contributed by atoms with Crippen molar-refractivity contribution < 1.29 is 4.92 Å². The minimum absolute atomic E-state index is 0.0603. The number of non-ortho nitro benzene ring substituents is 1. The largest absolute Gasteiger partial charge is 0.305 e. The summed E-state index contributed by atoms with van der Waals surface area (Å²) in [4.78, 5) is 10.3. The molecule has 122 valence electrons. The van der Waals surface area contributed by atoms with Gasteiger partial charge < -0.3 is 4.57 Å². The van der Waals surface area contributed by atoms with Crippen LogP contribution in [0, 0.1) is 10.1 Å². The van der Waals surface area contributed by atoms with Gasteiger partial charge in [-0.15, -0.1) is 10.2 Å². The van der Waals surface area contributed by atoms with Crippen molar-refractivity contribution in [3.8, 4) is 11.4 Å². The van der Waals surface area contributed by atoms with Crippen molar-refractivity contribution in [3.63, 3.8) is 0 Å². The number of hydrogen-bond acceptors (Lipinski definition) is 5. The Labute approximate surface area is 151 Å². The summed E-state index contributed by atoms with van der Waals surface area (Å²) in [6.45, 7) is 0. The fourth-order valence-corrected chi connectivity index (χ4v) is 3.50. The molecule has 0 aliphatic heterocycles. The van der Waals surface area contributed by atoms with Crippen LogP contribution < -0.4 is 0 Å². The molecule has 0 atom stereocenters. The molecule has 0 unspecified atom stereocenters. The van der Waals surface area contributed by atoms with Crippen LogP contribution in [-0.2, 0) is 12.8 Å². The maximum absolute atomic E-state index is 10.7. The van der Waals surface area contributed by atoms with Crippen LogP contribution in [0.1, 0.15) is 5.56 Å². The van der Waals surface area contributed by atoms with Crippen LogP contribution in [-0.4, -0.2) is 19.7 Å². The van der Waals surface area contributed by atoms with Gasteiger partial charge in [0.05, 0.1) is 4.92 Å². The number of nitro benzene ring substituents is 1. The Hall–Kier alpha value is -2.19. The number of hydrogen-bond donors (Lipinski definition) is 0. The molecule has 0 aliphatic carbocycles. The van der Waals surface area contributed by atoms with Gasteiger partial charge in [0, 0.05) is 35.0 Å². The summed E-state index contributed by atoms with van der Waals surface area (Å²) in [7, 11) is 1.89. The molecule has 0 fully saturated rings. The average molecular weight is 405 g/mol. The van der Waals surface area contributed by atoms with Crippen molar-refractivity contribution in [2.45, 2.75) is 10.9 Å². The molecule has 2 aromatic carbocycles. The second kappa shape index (κ2) is 7.14. The summed E-state index contributed by atoms with van der Waals surface area (Å²) in [6.07, 6.45) is 0. The van der Waals surface area contributed by atoms with Crippen LogP contribution in [0.15, 0.2) is 58.2 Å². The number of nitro groups is 1. The van der Waals surface area contributed by atoms with E-state index in [1.54, 1.807) is 23.9 Å². The van der Waals surface area contributed by atoms with Crippen LogP contribution in [0.25, 0.3) is 11.4 Å². The molecule has 3 aromatic rings. The van der Waals surface area contributed by atoms with Gasteiger partial charge in [-0.1, -0.05) is 39.8 Å². The summed E-state index contributed by atoms with van der Waals surface area (Å²) in [5, 5.41) is 19.9. The topological polar surface area (TPSA) is 73.8 Å². The first kappa shape index (κ1) is 16.7. The number of halogens is 1. The van der Waals surface area contributed by atoms with Gasteiger partial charge in [0.2, 0.25) is 0 Å². The Morgan fingerprint density at radius 1 is 1.21 bits per heavy atom. The number of nitrogens with zero attached hydrogens (tertiary/aromatic N) is 4. The van der Waals surface area contributed by atoms with E-state index in [-0.39, 0.29) is 5.69 Å². The Kier molecular flexibility index (Phi) is 4.96. The van der Waals surface area contributed by atoms with Crippen molar-refractivity contribution in [3.05, 3.63) is 68.7 Å². The average Bonchev–Trinajstić information content (AvgIpc) is 2.94. The third kappa shape index (κ3) is 3.65. The summed E-state index contributed by atoms with van der Waals surface area (Å²) in [5.74, 6) is 1.47. The maximum Gasteiger partial charge on any atom is 0.269 e. The molecule has 0 bridgehead atoms. The number of thioether (sulfide) groups is 1. The molecule has 0 radical (unpaired) electrons. The molecule has 0 amide bonds. The second-order valence-electron chi connectivity index (χ2n) is 5.09. The Morgan fingerprint density at radius 3 is 2.62 bits per heavy atom. The highest BCUT2D eigenvalue weighted by molar-refractivity contribution is 9.10. The Morgan fingerprint density at radius 2 is 1.96 bits per heavy atom. The highest BCUT2D eigenvalue weighted by Crippen LogP contribution is 2.27. The quantitative estimate of drug-likeness (QED) is 0.356. The highest BCUT2D eigenvalue weighted by atomic mass is 79.9. The van der Waals surface area contributed by atoms with Gasteiger partial charge in [0.25, 0.3) is 5.69 Å². The van der Waals surface area contributed by atoms with Gasteiger partial charge in [0.15, 0.2) is 11.0 Å². The van der Waals surface area contributed by atoms with E-state index in [1.165, 1.54) is 17.7 Å². The fraction of sp³-hybridized carbons (Fsp3) is 0.125. The van der Waals surface area contributed by atoms with Crippen LogP contribution in [0.2, 0.25) is 0 Å². The first-order chi connectivity index (χ1) is 11.5. The molecule has 0 saturated heterocycles. The monoisotopic (exact) mass is 404 g/mol. The van der Waals surface area contributed by atoms with Crippen LogP contribution in [0.5, 0.6) is 0 Å². The summed E-state index contributed by atoms with van der Waals surface area (Å²) in [6, 6.07) is 14.4. The standard InChI is InChI=1S/C16H13BrN4O2S/c1-20-15(12-5-7-14(8-6-12)21(22)23)18-19-16(20)24-10-11-3-2-4-13(17)9-11/h2-9H,10H2,1H3. The third-order valence-corrected chi connectivity index (χ3v) is 5.01. The van der Waals surface area contributed by atoms with Crippen LogP contribution in [0.3, 0.4) is 0 Å². The van der Waals surface area contributed by atoms with Crippen molar-refractivity contribution in [1.29, 1.82) is 0 Å². The van der Waals surface area contributed by atoms with Gasteiger partial charge in [0.1, 0.15) is 0 Å². The first-order valence-electron chi connectivity index (χ1n) is 7.06. The Balaban J connectivity index is 1.77. The van der Waals surface area contributed by atoms with Crippen molar-refractivity contribution in [2.75, 3.05) is 0 Å². The summed E-state index contributed by atoms with van der Waals surface area (Å²) >= 11 is 5.06. The van der Waals surface area contributed by atoms with E-state index in [2.05, 4.69) is 38.3 Å². The minimum Gasteiger partial charge on any atom is -0.305 e. The van der Waals surface area contributed by atoms with Crippen molar-refractivity contribution >= 4 is 33.4 Å². The van der Waals surface area contributed by atoms with E-state index in [4.69, 9.17) is 0 Å². The van der Waals surface area contributed by atoms with Gasteiger partial charge in [-0.2, -0.15) is 0 Å². The molecule has 0 spiro atoms. The fourth-order valence-electron chi connectivity index (χ4n) is 2.20. The predicted molar refractivity (Wildman–Crippen MR) is 96.8 cm³/mol. The molecular formula is C16H13BrN4O2S. The predicted octanol–water partition coefficient (Wildman–Crippen LogP) is 4.45. The summed E-state index contributed by atoms with van der Waals surface area (Å²) in [5.41, 5.74) is 2.05. The summed E-state index contributed by atoms with van der Waals surface area (Å²) < 4.78 is 2.94. The number of aromatic nitrogens is 3. The van der Waals surface area contributed by atoms with Crippen molar-refractivity contribution in [1.82, 2.24) is 14.8 Å². The molecule has 3 rings (SSSR count). The zero-order chi connectivity index (χ0) is 17.1. The molecule has 1 aromatic heterocycles. The van der Waals surface area contributed by atoms with Crippen LogP contribution >= 0.6 is 27.7 Å². The molecule has 0 N–H and O–H groups in total. The number of benzene rings is 2. The van der Waals surface area contributed by atoms with Crippen molar-refractivity contribution in [2.24, 2.45) is 7.05 Å². The lowest BCUT2D eigenvalue weighted by Crippen LogP contribution is -1.95. The molecule has 0 aliphatic rings. The lowest BCUT2D eigenvalue weighted by Gasteiger charge is -2.04. The van der Waals surface area contributed by atoms with E-state index in [1.807, 2.05) is 23.7 Å². The molecule has 8 heteroatoms. The smallest absolute Gasteiger partial charge is 0.269 e. The van der Waals surface area contributed by atoms with E-state index >= 15 is 0 Å². The second-order valence-corrected chi connectivity index (χ2v) is 6.95. The molecule has 24 heavy (non-hydrogen) atoms. The molecular weight excluding hydrogens is 392 g/mol. The van der Waals surface area contributed by atoms with E-state index < -0.39 is 4.92 Å². The zero-order valence-corrected chi connectivity index (χ0v) is 15.1. The number of rotatable bonds is 5. The zero-order valence-electron chi connectivity index (χ0n) is 12.7. The van der Waals surface area contributed by atoms with Crippen LogP contribution in [0.4, 0.5) is 5.69 Å². The minimum atomic E-state index is -0.417. The SMILES string of the molecule is Cn1c(SCc2cccc(Br)c2)nnc1-c1ccc([N+](=O)[O-])cc1. The van der Waals surface area contributed by atoms with Gasteiger partial charge in [-0.3, -0.25) is 10.1 Å². The lowest BCUT2D eigenvalue weighted by molar-refractivity contribution is -0.384.